The van der Waals surface area contributed by atoms with Gasteiger partial charge in [-0.2, -0.15) is 0 Å². The van der Waals surface area contributed by atoms with Crippen molar-refractivity contribution >= 4 is 28.2 Å². The summed E-state index contributed by atoms with van der Waals surface area (Å²) < 4.78 is 16.5. The van der Waals surface area contributed by atoms with Gasteiger partial charge in [0.1, 0.15) is 29.7 Å². The van der Waals surface area contributed by atoms with Gasteiger partial charge in [0.25, 0.3) is 5.91 Å². The zero-order chi connectivity index (χ0) is 25.7. The normalized spacial score (nSPS) is 15.1. The Labute approximate surface area is 216 Å². The highest BCUT2D eigenvalue weighted by atomic mass is 32.1. The van der Waals surface area contributed by atoms with E-state index in [2.05, 4.69) is 26.1 Å². The molecule has 0 fully saturated rings. The lowest BCUT2D eigenvalue weighted by Crippen LogP contribution is -2.26. The number of thiophene rings is 1. The highest BCUT2D eigenvalue weighted by Gasteiger charge is 2.34. The van der Waals surface area contributed by atoms with Crippen molar-refractivity contribution in [2.75, 3.05) is 25.6 Å². The molecule has 1 aliphatic rings. The largest absolute Gasteiger partial charge is 0.490 e. The van der Waals surface area contributed by atoms with Crippen molar-refractivity contribution in [2.24, 2.45) is 11.3 Å². The molecule has 1 amide bonds. The molecule has 0 bridgehead atoms. The first-order valence-corrected chi connectivity index (χ1v) is 13.0. The van der Waals surface area contributed by atoms with Gasteiger partial charge in [0.2, 0.25) is 0 Å². The molecule has 2 aromatic carbocycles. The van der Waals surface area contributed by atoms with E-state index in [1.807, 2.05) is 30.3 Å². The zero-order valence-corrected chi connectivity index (χ0v) is 22.1. The van der Waals surface area contributed by atoms with Crippen LogP contribution in [0.5, 0.6) is 11.5 Å². The Morgan fingerprint density at radius 1 is 1.00 bits per heavy atom. The van der Waals surface area contributed by atoms with Crippen molar-refractivity contribution in [3.05, 3.63) is 76.2 Å². The van der Waals surface area contributed by atoms with E-state index in [9.17, 15) is 9.59 Å². The Bertz CT molecular complexity index is 1210. The van der Waals surface area contributed by atoms with E-state index in [0.717, 1.165) is 35.5 Å². The first-order chi connectivity index (χ1) is 17.3. The number of benzene rings is 2. The minimum Gasteiger partial charge on any atom is -0.490 e. The molecule has 3 aromatic rings. The number of methoxy groups -OCH3 is 1. The smallest absolute Gasteiger partial charge is 0.341 e. The molecule has 0 spiro atoms. The lowest BCUT2D eigenvalue weighted by molar-refractivity contribution is 0.0600. The summed E-state index contributed by atoms with van der Waals surface area (Å²) >= 11 is 1.49. The molecule has 4 rings (SSSR count). The summed E-state index contributed by atoms with van der Waals surface area (Å²) in [5.41, 5.74) is 2.14. The van der Waals surface area contributed by atoms with Crippen LogP contribution in [0.4, 0.5) is 5.00 Å². The van der Waals surface area contributed by atoms with Gasteiger partial charge < -0.3 is 19.5 Å². The lowest BCUT2D eigenvalue weighted by Gasteiger charge is -2.33. The summed E-state index contributed by atoms with van der Waals surface area (Å²) in [6.45, 7) is 7.49. The summed E-state index contributed by atoms with van der Waals surface area (Å²) in [5.74, 6) is 1.18. The molecule has 1 aliphatic carbocycles. The maximum absolute atomic E-state index is 13.1. The fourth-order valence-electron chi connectivity index (χ4n) is 4.47. The SMILES string of the molecule is COC(=O)c1c(NC(=O)c2cccc(OCCOc3ccccc3)c2)sc2c1CCC(C(C)(C)C)C2. The van der Waals surface area contributed by atoms with Crippen LogP contribution in [-0.4, -0.2) is 32.2 Å². The van der Waals surface area contributed by atoms with Crippen molar-refractivity contribution in [3.8, 4) is 11.5 Å². The van der Waals surface area contributed by atoms with Crippen molar-refractivity contribution < 1.29 is 23.8 Å². The van der Waals surface area contributed by atoms with Crippen molar-refractivity contribution in [1.82, 2.24) is 0 Å². The third-order valence-electron chi connectivity index (χ3n) is 6.57. The summed E-state index contributed by atoms with van der Waals surface area (Å²) in [6, 6.07) is 16.5. The van der Waals surface area contributed by atoms with Crippen LogP contribution < -0.4 is 14.8 Å². The van der Waals surface area contributed by atoms with Gasteiger partial charge in [0, 0.05) is 10.4 Å². The van der Waals surface area contributed by atoms with Crippen LogP contribution in [0.3, 0.4) is 0 Å². The fraction of sp³-hybridized carbons (Fsp3) is 0.379. The van der Waals surface area contributed by atoms with Gasteiger partial charge in [-0.25, -0.2) is 4.79 Å². The van der Waals surface area contributed by atoms with Crippen LogP contribution in [-0.2, 0) is 17.6 Å². The number of carbonyl (C=O) groups excluding carboxylic acids is 2. The quantitative estimate of drug-likeness (QED) is 0.282. The molecule has 0 saturated heterocycles. The molecule has 1 heterocycles. The van der Waals surface area contributed by atoms with E-state index < -0.39 is 5.97 Å². The van der Waals surface area contributed by atoms with Gasteiger partial charge in [-0.1, -0.05) is 45.0 Å². The van der Waals surface area contributed by atoms with Gasteiger partial charge in [-0.05, 0) is 66.5 Å². The summed E-state index contributed by atoms with van der Waals surface area (Å²) in [7, 11) is 1.38. The number of carbonyl (C=O) groups is 2. The van der Waals surface area contributed by atoms with E-state index in [1.165, 1.54) is 18.4 Å². The second kappa shape index (κ2) is 11.2. The summed E-state index contributed by atoms with van der Waals surface area (Å²) in [4.78, 5) is 27.0. The standard InChI is InChI=1S/C29H33NO5S/c1-29(2,3)20-13-14-23-24(18-20)36-27(25(23)28(32)33-4)30-26(31)19-9-8-12-22(17-19)35-16-15-34-21-10-6-5-7-11-21/h5-12,17,20H,13-16,18H2,1-4H3,(H,30,31). The van der Waals surface area contributed by atoms with Crippen LogP contribution in [0.15, 0.2) is 54.6 Å². The number of rotatable bonds is 8. The van der Waals surface area contributed by atoms with Crippen LogP contribution in [0.2, 0.25) is 0 Å². The summed E-state index contributed by atoms with van der Waals surface area (Å²) in [5, 5.41) is 3.52. The summed E-state index contributed by atoms with van der Waals surface area (Å²) in [6.07, 6.45) is 2.72. The van der Waals surface area contributed by atoms with Crippen LogP contribution >= 0.6 is 11.3 Å². The number of esters is 1. The Kier molecular flexibility index (Phi) is 7.99. The average Bonchev–Trinajstić information content (AvgIpc) is 3.23. The van der Waals surface area contributed by atoms with Crippen LogP contribution in [0.1, 0.15) is 58.3 Å². The molecule has 36 heavy (non-hydrogen) atoms. The molecule has 7 heteroatoms. The van der Waals surface area contributed by atoms with E-state index in [4.69, 9.17) is 14.2 Å². The third-order valence-corrected chi connectivity index (χ3v) is 7.74. The Morgan fingerprint density at radius 2 is 1.69 bits per heavy atom. The van der Waals surface area contributed by atoms with Crippen molar-refractivity contribution in [2.45, 2.75) is 40.0 Å². The number of hydrogen-bond acceptors (Lipinski definition) is 6. The number of para-hydroxylation sites is 1. The van der Waals surface area contributed by atoms with E-state index in [1.54, 1.807) is 24.3 Å². The average molecular weight is 508 g/mol. The second-order valence-electron chi connectivity index (χ2n) is 10.00. The molecule has 0 saturated carbocycles. The van der Waals surface area contributed by atoms with Crippen LogP contribution in [0.25, 0.3) is 0 Å². The van der Waals surface area contributed by atoms with Gasteiger partial charge >= 0.3 is 5.97 Å². The Morgan fingerprint density at radius 3 is 2.39 bits per heavy atom. The molecule has 1 N–H and O–H groups in total. The van der Waals surface area contributed by atoms with E-state index in [0.29, 0.717) is 41.0 Å². The van der Waals surface area contributed by atoms with Gasteiger partial charge in [0.15, 0.2) is 0 Å². The Hall–Kier alpha value is -3.32. The van der Waals surface area contributed by atoms with E-state index in [-0.39, 0.29) is 11.3 Å². The third kappa shape index (κ3) is 6.08. The van der Waals surface area contributed by atoms with Gasteiger partial charge in [-0.3, -0.25) is 4.79 Å². The number of anilines is 1. The molecule has 0 aliphatic heterocycles. The molecule has 1 atom stereocenters. The van der Waals surface area contributed by atoms with Gasteiger partial charge in [-0.15, -0.1) is 11.3 Å². The first kappa shape index (κ1) is 25.8. The highest BCUT2D eigenvalue weighted by molar-refractivity contribution is 7.17. The monoisotopic (exact) mass is 507 g/mol. The van der Waals surface area contributed by atoms with Crippen molar-refractivity contribution in [3.63, 3.8) is 0 Å². The zero-order valence-electron chi connectivity index (χ0n) is 21.3. The second-order valence-corrected chi connectivity index (χ2v) is 11.1. The molecular weight excluding hydrogens is 474 g/mol. The van der Waals surface area contributed by atoms with E-state index >= 15 is 0 Å². The number of hydrogen-bond donors (Lipinski definition) is 1. The fourth-order valence-corrected chi connectivity index (χ4v) is 5.78. The van der Waals surface area contributed by atoms with Crippen LogP contribution in [0, 0.1) is 11.3 Å². The molecular formula is C29H33NO5S. The molecule has 1 unspecified atom stereocenters. The minimum absolute atomic E-state index is 0.184. The highest BCUT2D eigenvalue weighted by Crippen LogP contribution is 2.44. The minimum atomic E-state index is -0.410. The first-order valence-electron chi connectivity index (χ1n) is 12.2. The number of nitrogens with one attached hydrogen (secondary N) is 1. The number of fused-ring (bicyclic) bond motifs is 1. The molecule has 6 nitrogen and oxygen atoms in total. The van der Waals surface area contributed by atoms with Crippen molar-refractivity contribution in [1.29, 1.82) is 0 Å². The number of amides is 1. The molecule has 1 aromatic heterocycles. The lowest BCUT2D eigenvalue weighted by atomic mass is 9.72. The predicted molar refractivity (Wildman–Crippen MR) is 142 cm³/mol. The van der Waals surface area contributed by atoms with Gasteiger partial charge in [0.05, 0.1) is 12.7 Å². The number of ether oxygens (including phenoxy) is 3. The molecule has 0 radical (unpaired) electrons. The maximum Gasteiger partial charge on any atom is 0.341 e. The predicted octanol–water partition coefficient (Wildman–Crippen LogP) is 6.40. The maximum atomic E-state index is 13.1. The topological polar surface area (TPSA) is 73.9 Å². The molecule has 190 valence electrons. The Balaban J connectivity index is 1.44.